The molecule has 76 valence electrons. The normalized spacial score (nSPS) is 8.67. The molecular weight excluding hydrogens is 186 g/mol. The molecule has 2 nitrogen and oxygen atoms in total. The van der Waals surface area contributed by atoms with Crippen molar-refractivity contribution in [3.63, 3.8) is 0 Å². The van der Waals surface area contributed by atoms with Gasteiger partial charge in [-0.15, -0.1) is 0 Å². The molecule has 0 N–H and O–H groups in total. The van der Waals surface area contributed by atoms with Crippen molar-refractivity contribution in [1.29, 1.82) is 5.26 Å². The molecule has 1 aromatic carbocycles. The average molecular weight is 199 g/mol. The molecule has 0 saturated heterocycles. The van der Waals surface area contributed by atoms with Gasteiger partial charge in [-0.25, -0.2) is 0 Å². The van der Waals surface area contributed by atoms with Gasteiger partial charge in [0, 0.05) is 5.56 Å². The number of nitriles is 1. The lowest BCUT2D eigenvalue weighted by atomic mass is 10.1. The second-order valence-electron chi connectivity index (χ2n) is 3.28. The van der Waals surface area contributed by atoms with Crippen LogP contribution in [0.4, 0.5) is 0 Å². The first-order valence-electron chi connectivity index (χ1n) is 4.70. The highest BCUT2D eigenvalue weighted by Crippen LogP contribution is 2.23. The van der Waals surface area contributed by atoms with Gasteiger partial charge in [-0.3, -0.25) is 0 Å². The van der Waals surface area contributed by atoms with E-state index in [1.807, 2.05) is 32.0 Å². The highest BCUT2D eigenvalue weighted by atomic mass is 16.5. The molecule has 0 aliphatic carbocycles. The molecule has 0 bridgehead atoms. The highest BCUT2D eigenvalue weighted by molar-refractivity contribution is 5.48. The Hall–Kier alpha value is -1.93. The van der Waals surface area contributed by atoms with Crippen molar-refractivity contribution in [2.45, 2.75) is 20.3 Å². The van der Waals surface area contributed by atoms with Gasteiger partial charge < -0.3 is 4.74 Å². The first-order valence-corrected chi connectivity index (χ1v) is 4.70. The van der Waals surface area contributed by atoms with Gasteiger partial charge in [-0.05, 0) is 37.1 Å². The molecule has 0 radical (unpaired) electrons. The zero-order valence-corrected chi connectivity index (χ0v) is 9.22. The van der Waals surface area contributed by atoms with Crippen LogP contribution >= 0.6 is 0 Å². The summed E-state index contributed by atoms with van der Waals surface area (Å²) in [5.41, 5.74) is 3.07. The topological polar surface area (TPSA) is 33.0 Å². The van der Waals surface area contributed by atoms with E-state index in [2.05, 4.69) is 11.8 Å². The maximum absolute atomic E-state index is 8.36. The van der Waals surface area contributed by atoms with Crippen LogP contribution in [0.25, 0.3) is 0 Å². The van der Waals surface area contributed by atoms with E-state index >= 15 is 0 Å². The zero-order valence-electron chi connectivity index (χ0n) is 9.22. The van der Waals surface area contributed by atoms with Gasteiger partial charge in [-0.1, -0.05) is 11.8 Å². The number of hydrogen-bond donors (Lipinski definition) is 0. The van der Waals surface area contributed by atoms with Crippen molar-refractivity contribution < 1.29 is 4.74 Å². The van der Waals surface area contributed by atoms with Crippen LogP contribution in [0, 0.1) is 37.0 Å². The van der Waals surface area contributed by atoms with Gasteiger partial charge >= 0.3 is 0 Å². The molecule has 0 unspecified atom stereocenters. The zero-order chi connectivity index (χ0) is 11.3. The van der Waals surface area contributed by atoms with E-state index in [-0.39, 0.29) is 6.42 Å². The Morgan fingerprint density at radius 2 is 1.87 bits per heavy atom. The number of rotatable bonds is 1. The van der Waals surface area contributed by atoms with Crippen LogP contribution in [0.3, 0.4) is 0 Å². The van der Waals surface area contributed by atoms with E-state index in [4.69, 9.17) is 10.00 Å². The smallest absolute Gasteiger partial charge is 0.124 e. The minimum atomic E-state index is 0.268. The summed E-state index contributed by atoms with van der Waals surface area (Å²) in [4.78, 5) is 0. The summed E-state index contributed by atoms with van der Waals surface area (Å²) in [6.45, 7) is 3.97. The predicted octanol–water partition coefficient (Wildman–Crippen LogP) is 2.58. The fourth-order valence-corrected chi connectivity index (χ4v) is 1.53. The molecule has 1 rings (SSSR count). The summed E-state index contributed by atoms with van der Waals surface area (Å²) in [7, 11) is 1.66. The Balaban J connectivity index is 3.06. The molecule has 0 amide bonds. The number of nitrogens with zero attached hydrogens (tertiary/aromatic N) is 1. The fraction of sp³-hybridized carbons (Fsp3) is 0.308. The van der Waals surface area contributed by atoms with Crippen LogP contribution in [-0.4, -0.2) is 7.11 Å². The van der Waals surface area contributed by atoms with Gasteiger partial charge in [0.15, 0.2) is 0 Å². The van der Waals surface area contributed by atoms with Gasteiger partial charge in [0.05, 0.1) is 19.6 Å². The molecule has 0 aliphatic heterocycles. The summed E-state index contributed by atoms with van der Waals surface area (Å²) in [6, 6.07) is 5.93. The van der Waals surface area contributed by atoms with E-state index in [0.29, 0.717) is 0 Å². The molecule has 0 fully saturated rings. The van der Waals surface area contributed by atoms with Gasteiger partial charge in [0.1, 0.15) is 5.75 Å². The number of aryl methyl sites for hydroxylation is 2. The largest absolute Gasteiger partial charge is 0.496 e. The summed E-state index contributed by atoms with van der Waals surface area (Å²) in [5, 5.41) is 8.36. The fourth-order valence-electron chi connectivity index (χ4n) is 1.53. The van der Waals surface area contributed by atoms with Crippen LogP contribution in [0.2, 0.25) is 0 Å². The Morgan fingerprint density at radius 1 is 1.27 bits per heavy atom. The molecule has 15 heavy (non-hydrogen) atoms. The lowest BCUT2D eigenvalue weighted by molar-refractivity contribution is 0.408. The Morgan fingerprint density at radius 3 is 2.33 bits per heavy atom. The first-order chi connectivity index (χ1) is 7.19. The minimum absolute atomic E-state index is 0.268. The molecule has 0 saturated carbocycles. The van der Waals surface area contributed by atoms with Crippen LogP contribution in [0.15, 0.2) is 12.1 Å². The lowest BCUT2D eigenvalue weighted by Gasteiger charge is -2.08. The summed E-state index contributed by atoms with van der Waals surface area (Å²) in [6.07, 6.45) is 0.268. The molecule has 0 heterocycles. The molecule has 0 spiro atoms. The number of ether oxygens (including phenoxy) is 1. The SMILES string of the molecule is COc1c(C)cc(C#CCC#N)cc1C. The van der Waals surface area contributed by atoms with Gasteiger partial charge in [-0.2, -0.15) is 5.26 Å². The number of hydrogen-bond acceptors (Lipinski definition) is 2. The summed E-state index contributed by atoms with van der Waals surface area (Å²) >= 11 is 0. The molecule has 0 aliphatic rings. The van der Waals surface area contributed by atoms with Crippen molar-refractivity contribution >= 4 is 0 Å². The van der Waals surface area contributed by atoms with Crippen LogP contribution in [0.5, 0.6) is 5.75 Å². The molecular formula is C13H13NO. The average Bonchev–Trinajstić information content (AvgIpc) is 2.18. The number of methoxy groups -OCH3 is 1. The lowest BCUT2D eigenvalue weighted by Crippen LogP contribution is -1.92. The summed E-state index contributed by atoms with van der Waals surface area (Å²) in [5.74, 6) is 6.65. The van der Waals surface area contributed by atoms with Crippen molar-refractivity contribution in [1.82, 2.24) is 0 Å². The molecule has 0 atom stereocenters. The van der Waals surface area contributed by atoms with E-state index in [9.17, 15) is 0 Å². The second kappa shape index (κ2) is 5.08. The summed E-state index contributed by atoms with van der Waals surface area (Å²) < 4.78 is 5.26. The standard InChI is InChI=1S/C13H13NO/c1-10-8-12(6-4-5-7-14)9-11(2)13(10)15-3/h8-9H,5H2,1-3H3. The Bertz CT molecular complexity index is 435. The number of benzene rings is 1. The maximum atomic E-state index is 8.36. The van der Waals surface area contributed by atoms with Gasteiger partial charge in [0.2, 0.25) is 0 Å². The van der Waals surface area contributed by atoms with E-state index < -0.39 is 0 Å². The third kappa shape index (κ3) is 2.76. The highest BCUT2D eigenvalue weighted by Gasteiger charge is 2.03. The minimum Gasteiger partial charge on any atom is -0.496 e. The molecule has 2 heteroatoms. The third-order valence-electron chi connectivity index (χ3n) is 2.06. The Kier molecular flexibility index (Phi) is 3.77. The quantitative estimate of drug-likeness (QED) is 0.651. The van der Waals surface area contributed by atoms with Crippen molar-refractivity contribution in [2.75, 3.05) is 7.11 Å². The van der Waals surface area contributed by atoms with Crippen LogP contribution < -0.4 is 4.74 Å². The second-order valence-corrected chi connectivity index (χ2v) is 3.28. The predicted molar refractivity (Wildman–Crippen MR) is 59.6 cm³/mol. The maximum Gasteiger partial charge on any atom is 0.124 e. The van der Waals surface area contributed by atoms with E-state index in [1.54, 1.807) is 7.11 Å². The van der Waals surface area contributed by atoms with Crippen LogP contribution in [0.1, 0.15) is 23.1 Å². The first kappa shape index (κ1) is 11.1. The van der Waals surface area contributed by atoms with E-state index in [0.717, 1.165) is 22.4 Å². The van der Waals surface area contributed by atoms with E-state index in [1.165, 1.54) is 0 Å². The molecule has 0 aromatic heterocycles. The third-order valence-corrected chi connectivity index (χ3v) is 2.06. The molecule has 1 aromatic rings. The van der Waals surface area contributed by atoms with Gasteiger partial charge in [0.25, 0.3) is 0 Å². The van der Waals surface area contributed by atoms with Crippen molar-refractivity contribution in [3.05, 3.63) is 28.8 Å². The van der Waals surface area contributed by atoms with Crippen molar-refractivity contribution in [3.8, 4) is 23.7 Å². The monoisotopic (exact) mass is 199 g/mol. The Labute approximate surface area is 90.5 Å². The van der Waals surface area contributed by atoms with Crippen molar-refractivity contribution in [2.24, 2.45) is 0 Å². The van der Waals surface area contributed by atoms with Crippen LogP contribution in [-0.2, 0) is 0 Å².